The summed E-state index contributed by atoms with van der Waals surface area (Å²) in [6.45, 7) is 2.32. The number of amidine groups is 1. The second-order valence-electron chi connectivity index (χ2n) is 7.80. The summed E-state index contributed by atoms with van der Waals surface area (Å²) in [5.41, 5.74) is 1.09. The summed E-state index contributed by atoms with van der Waals surface area (Å²) in [4.78, 5) is 33.6. The summed E-state index contributed by atoms with van der Waals surface area (Å²) < 4.78 is 5.88. The van der Waals surface area contributed by atoms with E-state index in [4.69, 9.17) is 15.6 Å². The molecule has 2 aliphatic rings. The highest BCUT2D eigenvalue weighted by Crippen LogP contribution is 2.24. The number of benzene rings is 1. The number of hydrogen-bond acceptors (Lipinski definition) is 6. The molecule has 0 atom stereocenters. The molecular weight excluding hydrogens is 408 g/mol. The third kappa shape index (κ3) is 4.61. The molecule has 2 aliphatic heterocycles. The van der Waals surface area contributed by atoms with Crippen molar-refractivity contribution in [2.75, 3.05) is 31.6 Å². The van der Waals surface area contributed by atoms with Gasteiger partial charge in [-0.25, -0.2) is 4.98 Å². The molecule has 3 heterocycles. The second kappa shape index (κ2) is 9.59. The summed E-state index contributed by atoms with van der Waals surface area (Å²) >= 11 is 0. The molecule has 0 spiro atoms. The van der Waals surface area contributed by atoms with Gasteiger partial charge in [-0.3, -0.25) is 20.4 Å². The number of amides is 2. The molecule has 9 heteroatoms. The van der Waals surface area contributed by atoms with Crippen molar-refractivity contribution in [2.24, 2.45) is 0 Å². The van der Waals surface area contributed by atoms with Crippen LogP contribution in [-0.4, -0.2) is 65.0 Å². The van der Waals surface area contributed by atoms with Gasteiger partial charge < -0.3 is 19.9 Å². The molecule has 4 rings (SSSR count). The van der Waals surface area contributed by atoms with Crippen LogP contribution in [0.4, 0.5) is 5.82 Å². The molecule has 2 amide bonds. The van der Waals surface area contributed by atoms with Crippen molar-refractivity contribution >= 4 is 29.8 Å². The van der Waals surface area contributed by atoms with Crippen molar-refractivity contribution in [1.29, 1.82) is 10.8 Å². The summed E-state index contributed by atoms with van der Waals surface area (Å²) in [6.07, 6.45) is 4.47. The van der Waals surface area contributed by atoms with Crippen molar-refractivity contribution in [1.82, 2.24) is 14.8 Å². The van der Waals surface area contributed by atoms with Crippen molar-refractivity contribution in [3.05, 3.63) is 53.2 Å². The normalized spacial score (nSPS) is 17.1. The van der Waals surface area contributed by atoms with Gasteiger partial charge in [-0.2, -0.15) is 0 Å². The van der Waals surface area contributed by atoms with E-state index in [0.29, 0.717) is 43.0 Å². The minimum absolute atomic E-state index is 0.0854. The molecule has 0 unspecified atom stereocenters. The number of nitrogens with one attached hydrogen (secondary N) is 3. The average molecular weight is 435 g/mol. The molecule has 2 aromatic rings. The second-order valence-corrected chi connectivity index (χ2v) is 7.80. The Hall–Kier alpha value is -3.75. The van der Waals surface area contributed by atoms with Crippen LogP contribution in [0.5, 0.6) is 5.75 Å². The van der Waals surface area contributed by atoms with Gasteiger partial charge >= 0.3 is 0 Å². The Bertz CT molecular complexity index is 1050. The third-order valence-electron chi connectivity index (χ3n) is 5.59. The molecule has 32 heavy (non-hydrogen) atoms. The maximum Gasteiger partial charge on any atom is 0.260 e. The van der Waals surface area contributed by atoms with Crippen LogP contribution in [0, 0.1) is 10.8 Å². The predicted octanol–water partition coefficient (Wildman–Crippen LogP) is 2.98. The van der Waals surface area contributed by atoms with Crippen LogP contribution in [0.25, 0.3) is 0 Å². The molecule has 1 aromatic carbocycles. The molecular formula is C23H26N6O3. The first kappa shape index (κ1) is 21.5. The zero-order valence-corrected chi connectivity index (χ0v) is 17.8. The highest BCUT2D eigenvalue weighted by Gasteiger charge is 2.23. The summed E-state index contributed by atoms with van der Waals surface area (Å²) in [7, 11) is 0. The summed E-state index contributed by atoms with van der Waals surface area (Å²) in [5.74, 6) is 0.255. The highest BCUT2D eigenvalue weighted by molar-refractivity contribution is 6.08. The number of likely N-dealkylation sites (tertiary alicyclic amines) is 1. The van der Waals surface area contributed by atoms with Crippen LogP contribution in [0.3, 0.4) is 0 Å². The molecule has 9 nitrogen and oxygen atoms in total. The Balaban J connectivity index is 1.67. The fourth-order valence-corrected chi connectivity index (χ4v) is 3.84. The minimum atomic E-state index is -0.437. The van der Waals surface area contributed by atoms with Crippen molar-refractivity contribution in [3.8, 4) is 5.75 Å². The number of rotatable bonds is 2. The molecule has 1 saturated heterocycles. The number of aromatic nitrogens is 1. The maximum absolute atomic E-state index is 13.1. The maximum atomic E-state index is 13.1. The lowest BCUT2D eigenvalue weighted by Crippen LogP contribution is -2.31. The van der Waals surface area contributed by atoms with E-state index in [1.807, 2.05) is 0 Å². The lowest BCUT2D eigenvalue weighted by atomic mass is 10.1. The SMILES string of the molecule is N=CN1CCCCOc2ccc(C(=O)N3CCCC3)cc2C(=O)Nc2cccc(n2)C1=N. The van der Waals surface area contributed by atoms with Crippen molar-refractivity contribution in [3.63, 3.8) is 0 Å². The van der Waals surface area contributed by atoms with Crippen LogP contribution in [-0.2, 0) is 0 Å². The molecule has 1 fully saturated rings. The fraction of sp³-hybridized carbons (Fsp3) is 0.348. The summed E-state index contributed by atoms with van der Waals surface area (Å²) in [5, 5.41) is 18.7. The highest BCUT2D eigenvalue weighted by atomic mass is 16.5. The van der Waals surface area contributed by atoms with E-state index in [0.717, 1.165) is 32.3 Å². The molecule has 0 saturated carbocycles. The first-order valence-electron chi connectivity index (χ1n) is 10.8. The van der Waals surface area contributed by atoms with E-state index in [1.165, 1.54) is 4.90 Å². The number of carbonyl (C=O) groups is 2. The van der Waals surface area contributed by atoms with E-state index in [1.54, 1.807) is 41.3 Å². The average Bonchev–Trinajstić information content (AvgIpc) is 3.35. The van der Waals surface area contributed by atoms with Gasteiger partial charge in [0.2, 0.25) is 0 Å². The smallest absolute Gasteiger partial charge is 0.260 e. The van der Waals surface area contributed by atoms with E-state index in [9.17, 15) is 9.59 Å². The van der Waals surface area contributed by atoms with Gasteiger partial charge in [0.25, 0.3) is 11.8 Å². The quantitative estimate of drug-likeness (QED) is 0.495. The van der Waals surface area contributed by atoms with Gasteiger partial charge in [0.05, 0.1) is 18.5 Å². The topological polar surface area (TPSA) is 122 Å². The van der Waals surface area contributed by atoms with E-state index in [-0.39, 0.29) is 23.1 Å². The zero-order chi connectivity index (χ0) is 22.5. The number of carbonyl (C=O) groups excluding carboxylic acids is 2. The van der Waals surface area contributed by atoms with Crippen LogP contribution >= 0.6 is 0 Å². The first-order chi connectivity index (χ1) is 15.6. The van der Waals surface area contributed by atoms with Gasteiger partial charge in [0.1, 0.15) is 17.3 Å². The number of ether oxygens (including phenoxy) is 1. The molecule has 3 N–H and O–H groups in total. The summed E-state index contributed by atoms with van der Waals surface area (Å²) in [6, 6.07) is 9.96. The van der Waals surface area contributed by atoms with Crippen LogP contribution in [0.2, 0.25) is 0 Å². The Labute approximate surface area is 186 Å². The van der Waals surface area contributed by atoms with Crippen molar-refractivity contribution < 1.29 is 14.3 Å². The predicted molar refractivity (Wildman–Crippen MR) is 121 cm³/mol. The third-order valence-corrected chi connectivity index (χ3v) is 5.59. The number of anilines is 1. The molecule has 1 aromatic heterocycles. The van der Waals surface area contributed by atoms with Crippen molar-refractivity contribution in [2.45, 2.75) is 25.7 Å². The van der Waals surface area contributed by atoms with Gasteiger partial charge in [0, 0.05) is 25.2 Å². The number of pyridine rings is 1. The van der Waals surface area contributed by atoms with Gasteiger partial charge in [0.15, 0.2) is 5.84 Å². The Morgan fingerprint density at radius 1 is 1.09 bits per heavy atom. The molecule has 2 bridgehead atoms. The minimum Gasteiger partial charge on any atom is -0.493 e. The molecule has 166 valence electrons. The van der Waals surface area contributed by atoms with E-state index >= 15 is 0 Å². The number of nitrogens with zero attached hydrogens (tertiary/aromatic N) is 3. The number of hydrogen-bond donors (Lipinski definition) is 3. The monoisotopic (exact) mass is 434 g/mol. The largest absolute Gasteiger partial charge is 0.493 e. The Kier molecular flexibility index (Phi) is 6.44. The molecule has 0 radical (unpaired) electrons. The van der Waals surface area contributed by atoms with E-state index in [2.05, 4.69) is 10.3 Å². The van der Waals surface area contributed by atoms with Gasteiger partial charge in [-0.15, -0.1) is 0 Å². The first-order valence-corrected chi connectivity index (χ1v) is 10.8. The van der Waals surface area contributed by atoms with Gasteiger partial charge in [-0.05, 0) is 56.0 Å². The van der Waals surface area contributed by atoms with Crippen LogP contribution in [0.15, 0.2) is 36.4 Å². The van der Waals surface area contributed by atoms with E-state index < -0.39 is 5.91 Å². The Morgan fingerprint density at radius 2 is 1.88 bits per heavy atom. The van der Waals surface area contributed by atoms with Gasteiger partial charge in [-0.1, -0.05) is 6.07 Å². The lowest BCUT2D eigenvalue weighted by Gasteiger charge is -2.21. The standard InChI is InChI=1S/C23H26N6O3/c24-15-29-12-3-4-13-32-19-9-8-16(23(31)28-10-1-2-11-28)14-17(19)22(30)27-20-7-5-6-18(26-20)21(29)25/h5-9,14-15,24-25H,1-4,10-13H2,(H,26,27,30). The molecule has 0 aliphatic carbocycles. The zero-order valence-electron chi connectivity index (χ0n) is 17.8. The fourth-order valence-electron chi connectivity index (χ4n) is 3.84. The lowest BCUT2D eigenvalue weighted by molar-refractivity contribution is 0.0792. The Morgan fingerprint density at radius 3 is 2.66 bits per heavy atom. The van der Waals surface area contributed by atoms with Crippen LogP contribution in [0.1, 0.15) is 52.1 Å². The van der Waals surface area contributed by atoms with Crippen LogP contribution < -0.4 is 10.1 Å². The number of fused-ring (bicyclic) bond motifs is 3.